The first-order valence-electron chi connectivity index (χ1n) is 7.54. The van der Waals surface area contributed by atoms with Crippen LogP contribution in [-0.2, 0) is 0 Å². The maximum absolute atomic E-state index is 10.9. The van der Waals surface area contributed by atoms with Crippen molar-refractivity contribution in [3.8, 4) is 0 Å². The molecule has 0 aliphatic heterocycles. The van der Waals surface area contributed by atoms with Gasteiger partial charge in [0.15, 0.2) is 0 Å². The first-order valence-corrected chi connectivity index (χ1v) is 7.54. The van der Waals surface area contributed by atoms with Gasteiger partial charge in [-0.05, 0) is 13.1 Å². The fourth-order valence-corrected chi connectivity index (χ4v) is 1.89. The summed E-state index contributed by atoms with van der Waals surface area (Å²) in [6.45, 7) is 4.00. The van der Waals surface area contributed by atoms with Crippen molar-refractivity contribution in [1.29, 1.82) is 0 Å². The molecule has 1 aromatic rings. The second kappa shape index (κ2) is 10.2. The smallest absolute Gasteiger partial charge is 0.250 e. The van der Waals surface area contributed by atoms with Crippen molar-refractivity contribution in [2.45, 2.75) is 26.3 Å². The number of nitrogens with zero attached hydrogens (tertiary/aromatic N) is 3. The first kappa shape index (κ1) is 18.4. The summed E-state index contributed by atoms with van der Waals surface area (Å²) in [6, 6.07) is 3.64. The molecule has 0 saturated carbocycles. The molecule has 6 heteroatoms. The number of hydrogen-bond donors (Lipinski definition) is 1. The van der Waals surface area contributed by atoms with Crippen molar-refractivity contribution < 1.29 is 4.92 Å². The summed E-state index contributed by atoms with van der Waals surface area (Å²) in [6.07, 6.45) is 12.2. The zero-order chi connectivity index (χ0) is 17.1. The number of aliphatic imine (C=N–C) groups is 1. The average Bonchev–Trinajstić information content (AvgIpc) is 2.57. The highest BCUT2D eigenvalue weighted by atomic mass is 16.6. The molecule has 1 N–H and O–H groups in total. The quantitative estimate of drug-likeness (QED) is 0.526. The highest BCUT2D eigenvalue weighted by Crippen LogP contribution is 2.15. The maximum Gasteiger partial charge on any atom is 0.250 e. The molecule has 1 heterocycles. The lowest BCUT2D eigenvalue weighted by Gasteiger charge is -2.13. The number of allylic oxidation sites excluding steroid dienone is 3. The molecule has 6 nitrogen and oxygen atoms in total. The SMILES string of the molecule is CC.CNC1C=C/C=C(/[N+](=O)[O-])C/C=C\1N=Cc1cccnc1. The van der Waals surface area contributed by atoms with Gasteiger partial charge in [0, 0.05) is 30.2 Å². The Morgan fingerprint density at radius 2 is 2.26 bits per heavy atom. The van der Waals surface area contributed by atoms with E-state index < -0.39 is 0 Å². The number of nitrogens with one attached hydrogen (secondary N) is 1. The van der Waals surface area contributed by atoms with Crippen molar-refractivity contribution in [2.24, 2.45) is 4.99 Å². The Hall–Kier alpha value is -2.60. The largest absolute Gasteiger partial charge is 0.309 e. The number of aromatic nitrogens is 1. The monoisotopic (exact) mass is 314 g/mol. The minimum Gasteiger partial charge on any atom is -0.309 e. The van der Waals surface area contributed by atoms with E-state index in [1.165, 1.54) is 6.08 Å². The molecule has 0 bridgehead atoms. The molecule has 0 fully saturated rings. The van der Waals surface area contributed by atoms with Gasteiger partial charge < -0.3 is 5.32 Å². The lowest BCUT2D eigenvalue weighted by molar-refractivity contribution is -0.426. The van der Waals surface area contributed by atoms with E-state index in [1.54, 1.807) is 30.8 Å². The van der Waals surface area contributed by atoms with E-state index in [1.807, 2.05) is 39.1 Å². The van der Waals surface area contributed by atoms with E-state index in [0.717, 1.165) is 11.3 Å². The third-order valence-corrected chi connectivity index (χ3v) is 3.02. The summed E-state index contributed by atoms with van der Waals surface area (Å²) < 4.78 is 0. The van der Waals surface area contributed by atoms with Crippen LogP contribution in [0.4, 0.5) is 0 Å². The van der Waals surface area contributed by atoms with Crippen LogP contribution in [0.25, 0.3) is 0 Å². The van der Waals surface area contributed by atoms with Crippen molar-refractivity contribution in [1.82, 2.24) is 10.3 Å². The molecule has 0 aromatic carbocycles. The number of rotatable bonds is 4. The van der Waals surface area contributed by atoms with Crippen molar-refractivity contribution in [2.75, 3.05) is 7.05 Å². The van der Waals surface area contributed by atoms with Gasteiger partial charge in [0.05, 0.1) is 23.1 Å². The van der Waals surface area contributed by atoms with Crippen molar-refractivity contribution in [3.05, 3.63) is 75.9 Å². The topological polar surface area (TPSA) is 80.4 Å². The molecule has 0 amide bonds. The van der Waals surface area contributed by atoms with Gasteiger partial charge in [0.25, 0.3) is 0 Å². The van der Waals surface area contributed by atoms with Gasteiger partial charge in [-0.25, -0.2) is 0 Å². The van der Waals surface area contributed by atoms with Crippen LogP contribution in [0.2, 0.25) is 0 Å². The fraction of sp³-hybridized carbons (Fsp3) is 0.294. The molecule has 2 rings (SSSR count). The van der Waals surface area contributed by atoms with Gasteiger partial charge in [-0.1, -0.05) is 38.1 Å². The number of pyridine rings is 1. The summed E-state index contributed by atoms with van der Waals surface area (Å²) in [4.78, 5) is 18.9. The van der Waals surface area contributed by atoms with E-state index in [9.17, 15) is 10.1 Å². The minimum absolute atomic E-state index is 0.0810. The van der Waals surface area contributed by atoms with Crippen LogP contribution in [0.15, 0.2) is 65.2 Å². The van der Waals surface area contributed by atoms with E-state index >= 15 is 0 Å². The van der Waals surface area contributed by atoms with Crippen LogP contribution in [-0.4, -0.2) is 29.2 Å². The lowest BCUT2D eigenvalue weighted by Crippen LogP contribution is -2.25. The van der Waals surface area contributed by atoms with Gasteiger partial charge in [0.1, 0.15) is 0 Å². The second-order valence-corrected chi connectivity index (χ2v) is 4.44. The summed E-state index contributed by atoms with van der Waals surface area (Å²) in [5, 5.41) is 14.0. The number of hydrogen-bond acceptors (Lipinski definition) is 5. The highest BCUT2D eigenvalue weighted by molar-refractivity contribution is 5.79. The van der Waals surface area contributed by atoms with Crippen molar-refractivity contribution >= 4 is 6.21 Å². The zero-order valence-electron chi connectivity index (χ0n) is 13.6. The first-order chi connectivity index (χ1) is 11.2. The lowest BCUT2D eigenvalue weighted by atomic mass is 10.1. The molecule has 1 aliphatic rings. The Morgan fingerprint density at radius 3 is 2.87 bits per heavy atom. The molecule has 0 spiro atoms. The van der Waals surface area contributed by atoms with E-state index in [-0.39, 0.29) is 23.1 Å². The Morgan fingerprint density at radius 1 is 1.48 bits per heavy atom. The minimum atomic E-state index is -0.372. The molecule has 0 saturated heterocycles. The Labute approximate surface area is 136 Å². The molecule has 0 radical (unpaired) electrons. The molecular formula is C17H22N4O2. The third-order valence-electron chi connectivity index (χ3n) is 3.02. The standard InChI is InChI=1S/C15H16N4O2.C2H6/c1-16-14-6-2-5-13(19(20)21)7-8-15(14)18-11-12-4-3-9-17-10-12;1-2/h2-6,8-11,14,16H,7H2,1H3;1-2H3/b6-2?,13-5+,15-8+,18-11?;. The second-order valence-electron chi connectivity index (χ2n) is 4.44. The van der Waals surface area contributed by atoms with Gasteiger partial charge in [0.2, 0.25) is 5.70 Å². The van der Waals surface area contributed by atoms with Crippen LogP contribution >= 0.6 is 0 Å². The molecule has 1 atom stereocenters. The van der Waals surface area contributed by atoms with E-state index in [4.69, 9.17) is 0 Å². The van der Waals surface area contributed by atoms with Gasteiger partial charge in [-0.2, -0.15) is 0 Å². The zero-order valence-corrected chi connectivity index (χ0v) is 13.6. The summed E-state index contributed by atoms with van der Waals surface area (Å²) >= 11 is 0. The van der Waals surface area contributed by atoms with Crippen LogP contribution in [0.5, 0.6) is 0 Å². The van der Waals surface area contributed by atoms with Crippen LogP contribution < -0.4 is 5.32 Å². The molecule has 1 aromatic heterocycles. The maximum atomic E-state index is 10.9. The Bertz CT molecular complexity index is 619. The summed E-state index contributed by atoms with van der Waals surface area (Å²) in [5.74, 6) is 0. The molecule has 1 aliphatic carbocycles. The number of likely N-dealkylation sites (N-methyl/N-ethyl adjacent to an activating group) is 1. The molecule has 1 unspecified atom stereocenters. The predicted octanol–water partition coefficient (Wildman–Crippen LogP) is 3.12. The van der Waals surface area contributed by atoms with E-state index in [0.29, 0.717) is 0 Å². The Balaban J connectivity index is 0.00000127. The number of nitro groups is 1. The van der Waals surface area contributed by atoms with Gasteiger partial charge >= 0.3 is 0 Å². The van der Waals surface area contributed by atoms with E-state index in [2.05, 4.69) is 15.3 Å². The molecule has 122 valence electrons. The van der Waals surface area contributed by atoms with Gasteiger partial charge in [-0.15, -0.1) is 0 Å². The third kappa shape index (κ3) is 5.96. The average molecular weight is 314 g/mol. The molecule has 23 heavy (non-hydrogen) atoms. The summed E-state index contributed by atoms with van der Waals surface area (Å²) in [5.41, 5.74) is 1.77. The van der Waals surface area contributed by atoms with Crippen molar-refractivity contribution in [3.63, 3.8) is 0 Å². The summed E-state index contributed by atoms with van der Waals surface area (Å²) in [7, 11) is 1.82. The normalized spacial score (nSPS) is 22.0. The Kier molecular flexibility index (Phi) is 8.17. The van der Waals surface area contributed by atoms with Gasteiger partial charge in [-0.3, -0.25) is 20.1 Å². The van der Waals surface area contributed by atoms with Crippen LogP contribution in [0, 0.1) is 10.1 Å². The molecular weight excluding hydrogens is 292 g/mol. The fourth-order valence-electron chi connectivity index (χ4n) is 1.89. The van der Waals surface area contributed by atoms with Crippen LogP contribution in [0.3, 0.4) is 0 Å². The highest BCUT2D eigenvalue weighted by Gasteiger charge is 2.14. The van der Waals surface area contributed by atoms with Crippen LogP contribution in [0.1, 0.15) is 25.8 Å². The predicted molar refractivity (Wildman–Crippen MR) is 92.9 cm³/mol.